The molecule has 1 aliphatic carbocycles. The van der Waals surface area contributed by atoms with Crippen molar-refractivity contribution in [3.8, 4) is 11.3 Å². The summed E-state index contributed by atoms with van der Waals surface area (Å²) in [6, 6.07) is 19.7. The molecule has 3 N–H and O–H groups in total. The minimum atomic E-state index is -0.575. The second kappa shape index (κ2) is 13.8. The van der Waals surface area contributed by atoms with Crippen LogP contribution in [0.25, 0.3) is 17.3 Å². The summed E-state index contributed by atoms with van der Waals surface area (Å²) in [7, 11) is 1.29. The van der Waals surface area contributed by atoms with E-state index >= 15 is 0 Å². The van der Waals surface area contributed by atoms with E-state index < -0.39 is 12.1 Å². The van der Waals surface area contributed by atoms with Gasteiger partial charge in [0.15, 0.2) is 0 Å². The van der Waals surface area contributed by atoms with Crippen LogP contribution < -0.4 is 10.6 Å². The number of methoxy groups -OCH3 is 1. The molecule has 226 valence electrons. The van der Waals surface area contributed by atoms with Crippen LogP contribution in [0.15, 0.2) is 72.8 Å². The first-order valence-electron chi connectivity index (χ1n) is 13.9. The number of halogens is 2. The standard InChI is InChI=1S/C33H30Cl2N4O5/c1-19(40)44-27-17-23-8-6-21(14-24(23)18-27)16-28(37-29(41)13-7-20-4-3-5-25(34)15-20)32-38-30(31(35)39-32)22-9-11-26(12-10-22)36-33(42)43-2/h3-15,27-28H,16-18H2,1-2H3,(H,36,42)(H,37,41)(H,38,39)/b13-7+/t27?,28-/m0/s1. The van der Waals surface area contributed by atoms with E-state index in [0.29, 0.717) is 52.2 Å². The van der Waals surface area contributed by atoms with Crippen LogP contribution in [-0.4, -0.2) is 41.2 Å². The second-order valence-corrected chi connectivity index (χ2v) is 11.2. The summed E-state index contributed by atoms with van der Waals surface area (Å²) >= 11 is 12.7. The summed E-state index contributed by atoms with van der Waals surface area (Å²) in [4.78, 5) is 44.0. The molecule has 4 aromatic rings. The van der Waals surface area contributed by atoms with Crippen molar-refractivity contribution in [2.24, 2.45) is 0 Å². The Morgan fingerprint density at radius 1 is 1.05 bits per heavy atom. The number of hydrogen-bond donors (Lipinski definition) is 3. The Labute approximate surface area is 264 Å². The molecule has 3 aromatic carbocycles. The molecule has 5 rings (SSSR count). The Hall–Kier alpha value is -4.60. The molecule has 0 bridgehead atoms. The number of benzene rings is 3. The third-order valence-corrected chi connectivity index (χ3v) is 7.64. The molecule has 1 aliphatic rings. The number of aromatic nitrogens is 2. The lowest BCUT2D eigenvalue weighted by Crippen LogP contribution is -2.29. The fraction of sp³-hybridized carbons (Fsp3) is 0.212. The Bertz CT molecular complexity index is 1720. The number of esters is 1. The third kappa shape index (κ3) is 7.86. The number of aromatic amines is 1. The molecule has 0 fully saturated rings. The summed E-state index contributed by atoms with van der Waals surface area (Å²) < 4.78 is 10.1. The van der Waals surface area contributed by atoms with Crippen LogP contribution in [0, 0.1) is 0 Å². The maximum atomic E-state index is 13.1. The van der Waals surface area contributed by atoms with Crippen LogP contribution in [0.2, 0.25) is 10.2 Å². The van der Waals surface area contributed by atoms with Gasteiger partial charge >= 0.3 is 12.1 Å². The Morgan fingerprint density at radius 2 is 1.82 bits per heavy atom. The quantitative estimate of drug-likeness (QED) is 0.139. The molecule has 11 heteroatoms. The van der Waals surface area contributed by atoms with E-state index in [1.165, 1.54) is 20.1 Å². The highest BCUT2D eigenvalue weighted by atomic mass is 35.5. The van der Waals surface area contributed by atoms with E-state index in [9.17, 15) is 14.4 Å². The topological polar surface area (TPSA) is 122 Å². The maximum Gasteiger partial charge on any atom is 0.411 e. The van der Waals surface area contributed by atoms with Gasteiger partial charge in [0.2, 0.25) is 5.91 Å². The molecule has 1 heterocycles. The minimum Gasteiger partial charge on any atom is -0.462 e. The van der Waals surface area contributed by atoms with Crippen LogP contribution in [0.4, 0.5) is 10.5 Å². The normalized spacial score (nSPS) is 14.6. The van der Waals surface area contributed by atoms with Crippen molar-refractivity contribution in [3.05, 3.63) is 111 Å². The van der Waals surface area contributed by atoms with Gasteiger partial charge in [-0.3, -0.25) is 14.9 Å². The first-order chi connectivity index (χ1) is 21.2. The van der Waals surface area contributed by atoms with Gasteiger partial charge in [-0.2, -0.15) is 0 Å². The SMILES string of the molecule is COC(=O)Nc1ccc(-c2nc([C@H](Cc3ccc4c(c3)CC(OC(C)=O)C4)NC(=O)/C=C/c3cccc(Cl)c3)[nH]c2Cl)cc1. The number of carbonyl (C=O) groups excluding carboxylic acids is 3. The van der Waals surface area contributed by atoms with Crippen molar-refractivity contribution in [2.45, 2.75) is 38.3 Å². The minimum absolute atomic E-state index is 0.175. The van der Waals surface area contributed by atoms with Crippen LogP contribution in [0.3, 0.4) is 0 Å². The molecule has 0 saturated heterocycles. The largest absolute Gasteiger partial charge is 0.462 e. The lowest BCUT2D eigenvalue weighted by atomic mass is 10.0. The number of amides is 2. The van der Waals surface area contributed by atoms with E-state index in [4.69, 9.17) is 32.9 Å². The Balaban J connectivity index is 1.39. The maximum absolute atomic E-state index is 13.1. The fourth-order valence-corrected chi connectivity index (χ4v) is 5.58. The molecule has 2 atom stereocenters. The molecular weight excluding hydrogens is 603 g/mol. The molecule has 0 aliphatic heterocycles. The van der Waals surface area contributed by atoms with Gasteiger partial charge in [0.25, 0.3) is 0 Å². The predicted octanol–water partition coefficient (Wildman–Crippen LogP) is 6.71. The van der Waals surface area contributed by atoms with Crippen LogP contribution in [0.1, 0.15) is 41.0 Å². The lowest BCUT2D eigenvalue weighted by Gasteiger charge is -2.17. The van der Waals surface area contributed by atoms with Crippen molar-refractivity contribution >= 4 is 52.9 Å². The Morgan fingerprint density at radius 3 is 2.55 bits per heavy atom. The van der Waals surface area contributed by atoms with Crippen molar-refractivity contribution in [1.82, 2.24) is 15.3 Å². The Kier molecular flexibility index (Phi) is 9.67. The molecule has 9 nitrogen and oxygen atoms in total. The van der Waals surface area contributed by atoms with Gasteiger partial charge in [0, 0.05) is 42.1 Å². The van der Waals surface area contributed by atoms with Gasteiger partial charge < -0.3 is 19.8 Å². The number of ether oxygens (including phenoxy) is 2. The lowest BCUT2D eigenvalue weighted by molar-refractivity contribution is -0.145. The summed E-state index contributed by atoms with van der Waals surface area (Å²) in [5.74, 6) is -0.139. The van der Waals surface area contributed by atoms with E-state index in [1.54, 1.807) is 42.5 Å². The van der Waals surface area contributed by atoms with Gasteiger partial charge in [-0.1, -0.05) is 65.7 Å². The highest BCUT2D eigenvalue weighted by Gasteiger charge is 2.26. The first kappa shape index (κ1) is 30.8. The number of H-pyrrole nitrogens is 1. The van der Waals surface area contributed by atoms with Crippen molar-refractivity contribution in [2.75, 3.05) is 12.4 Å². The predicted molar refractivity (Wildman–Crippen MR) is 170 cm³/mol. The number of nitrogens with zero attached hydrogens (tertiary/aromatic N) is 1. The van der Waals surface area contributed by atoms with Crippen LogP contribution in [-0.2, 0) is 38.3 Å². The van der Waals surface area contributed by atoms with E-state index in [2.05, 4.69) is 26.4 Å². The van der Waals surface area contributed by atoms with Crippen molar-refractivity contribution < 1.29 is 23.9 Å². The summed E-state index contributed by atoms with van der Waals surface area (Å²) in [5, 5.41) is 6.54. The number of rotatable bonds is 9. The molecule has 44 heavy (non-hydrogen) atoms. The number of carbonyl (C=O) groups is 3. The summed E-state index contributed by atoms with van der Waals surface area (Å²) in [6.45, 7) is 1.42. The molecule has 0 spiro atoms. The van der Waals surface area contributed by atoms with E-state index in [1.807, 2.05) is 24.3 Å². The van der Waals surface area contributed by atoms with Gasteiger partial charge in [-0.15, -0.1) is 0 Å². The van der Waals surface area contributed by atoms with Gasteiger partial charge in [-0.25, -0.2) is 9.78 Å². The number of hydrogen-bond acceptors (Lipinski definition) is 6. The highest BCUT2D eigenvalue weighted by Crippen LogP contribution is 2.31. The van der Waals surface area contributed by atoms with Crippen LogP contribution >= 0.6 is 23.2 Å². The zero-order valence-corrected chi connectivity index (χ0v) is 25.5. The third-order valence-electron chi connectivity index (χ3n) is 7.13. The number of anilines is 1. The van der Waals surface area contributed by atoms with Crippen LogP contribution in [0.5, 0.6) is 0 Å². The highest BCUT2D eigenvalue weighted by molar-refractivity contribution is 6.32. The smallest absolute Gasteiger partial charge is 0.411 e. The molecule has 0 radical (unpaired) electrons. The average Bonchev–Trinajstić information content (AvgIpc) is 3.58. The average molecular weight is 634 g/mol. The second-order valence-electron chi connectivity index (χ2n) is 10.4. The summed E-state index contributed by atoms with van der Waals surface area (Å²) in [6.07, 6.45) is 4.12. The van der Waals surface area contributed by atoms with E-state index in [-0.39, 0.29) is 18.0 Å². The zero-order valence-electron chi connectivity index (χ0n) is 24.0. The first-order valence-corrected chi connectivity index (χ1v) is 14.6. The van der Waals surface area contributed by atoms with E-state index in [0.717, 1.165) is 22.3 Å². The van der Waals surface area contributed by atoms with Crippen molar-refractivity contribution in [1.29, 1.82) is 0 Å². The van der Waals surface area contributed by atoms with Crippen molar-refractivity contribution in [3.63, 3.8) is 0 Å². The monoisotopic (exact) mass is 632 g/mol. The summed E-state index contributed by atoms with van der Waals surface area (Å²) in [5.41, 5.74) is 5.78. The number of fused-ring (bicyclic) bond motifs is 1. The van der Waals surface area contributed by atoms with Gasteiger partial charge in [-0.05, 0) is 59.0 Å². The number of imidazole rings is 1. The number of nitrogens with one attached hydrogen (secondary N) is 3. The molecule has 2 amide bonds. The molecule has 1 aromatic heterocycles. The molecule has 1 unspecified atom stereocenters. The fourth-order valence-electron chi connectivity index (χ4n) is 5.14. The molecule has 0 saturated carbocycles. The van der Waals surface area contributed by atoms with Gasteiger partial charge in [0.05, 0.1) is 13.2 Å². The zero-order chi connectivity index (χ0) is 31.2. The van der Waals surface area contributed by atoms with Gasteiger partial charge in [0.1, 0.15) is 22.8 Å². The molecular formula is C33H30Cl2N4O5.